The van der Waals surface area contributed by atoms with Gasteiger partial charge in [0.05, 0.1) is 5.56 Å². The highest BCUT2D eigenvalue weighted by atomic mass is 19.1. The summed E-state index contributed by atoms with van der Waals surface area (Å²) in [5.74, 6) is -1.31. The Morgan fingerprint density at radius 3 is 2.94 bits per heavy atom. The highest BCUT2D eigenvalue weighted by Gasteiger charge is 2.12. The van der Waals surface area contributed by atoms with E-state index in [2.05, 4.69) is 15.3 Å². The number of hydrogen-bond acceptors (Lipinski definition) is 2. The second-order valence-corrected chi connectivity index (χ2v) is 3.67. The zero-order valence-corrected chi connectivity index (χ0v) is 9.41. The molecule has 0 radical (unpaired) electrons. The standard InChI is InChI=1S/C12H11F2N3O/c13-8-1-2-10(14)9(7-8)12(18)17-4-3-11-15-5-6-16-11/h1-2,5-7H,3-4H2,(H,15,16)(H,17,18). The van der Waals surface area contributed by atoms with Crippen molar-refractivity contribution >= 4 is 5.91 Å². The van der Waals surface area contributed by atoms with Crippen molar-refractivity contribution in [3.05, 3.63) is 53.6 Å². The molecule has 0 spiro atoms. The van der Waals surface area contributed by atoms with Gasteiger partial charge in [0, 0.05) is 25.4 Å². The third-order valence-electron chi connectivity index (χ3n) is 2.38. The lowest BCUT2D eigenvalue weighted by molar-refractivity contribution is 0.0949. The number of aromatic nitrogens is 2. The monoisotopic (exact) mass is 251 g/mol. The van der Waals surface area contributed by atoms with Crippen molar-refractivity contribution in [1.82, 2.24) is 15.3 Å². The molecule has 0 saturated heterocycles. The number of amides is 1. The molecule has 6 heteroatoms. The molecule has 1 amide bonds. The van der Waals surface area contributed by atoms with E-state index >= 15 is 0 Å². The zero-order valence-electron chi connectivity index (χ0n) is 9.41. The van der Waals surface area contributed by atoms with E-state index in [1.807, 2.05) is 0 Å². The average molecular weight is 251 g/mol. The molecule has 1 heterocycles. The molecule has 1 aromatic heterocycles. The highest BCUT2D eigenvalue weighted by Crippen LogP contribution is 2.09. The van der Waals surface area contributed by atoms with Gasteiger partial charge in [0.25, 0.3) is 5.91 Å². The molecular formula is C12H11F2N3O. The van der Waals surface area contributed by atoms with Crippen LogP contribution in [0.15, 0.2) is 30.6 Å². The van der Waals surface area contributed by atoms with Gasteiger partial charge < -0.3 is 10.3 Å². The zero-order chi connectivity index (χ0) is 13.0. The quantitative estimate of drug-likeness (QED) is 0.868. The van der Waals surface area contributed by atoms with Crippen molar-refractivity contribution < 1.29 is 13.6 Å². The first-order chi connectivity index (χ1) is 8.66. The Balaban J connectivity index is 1.93. The summed E-state index contributed by atoms with van der Waals surface area (Å²) >= 11 is 0. The Morgan fingerprint density at radius 2 is 2.22 bits per heavy atom. The van der Waals surface area contributed by atoms with Crippen molar-refractivity contribution in [2.45, 2.75) is 6.42 Å². The van der Waals surface area contributed by atoms with Crippen molar-refractivity contribution in [3.8, 4) is 0 Å². The van der Waals surface area contributed by atoms with Gasteiger partial charge in [-0.15, -0.1) is 0 Å². The van der Waals surface area contributed by atoms with Gasteiger partial charge in [-0.25, -0.2) is 13.8 Å². The fraction of sp³-hybridized carbons (Fsp3) is 0.167. The number of nitrogens with zero attached hydrogens (tertiary/aromatic N) is 1. The van der Waals surface area contributed by atoms with E-state index in [9.17, 15) is 13.6 Å². The molecule has 0 aliphatic carbocycles. The van der Waals surface area contributed by atoms with Crippen LogP contribution < -0.4 is 5.32 Å². The van der Waals surface area contributed by atoms with Gasteiger partial charge in [-0.05, 0) is 18.2 Å². The van der Waals surface area contributed by atoms with Crippen LogP contribution in [0.3, 0.4) is 0 Å². The first-order valence-corrected chi connectivity index (χ1v) is 5.38. The molecule has 0 saturated carbocycles. The van der Waals surface area contributed by atoms with Crippen molar-refractivity contribution in [3.63, 3.8) is 0 Å². The molecule has 2 rings (SSSR count). The normalized spacial score (nSPS) is 10.3. The Bertz CT molecular complexity index is 540. The van der Waals surface area contributed by atoms with Crippen LogP contribution in [0.4, 0.5) is 8.78 Å². The Kier molecular flexibility index (Phi) is 3.66. The van der Waals surface area contributed by atoms with Crippen LogP contribution in [0.5, 0.6) is 0 Å². The minimum absolute atomic E-state index is 0.294. The lowest BCUT2D eigenvalue weighted by atomic mass is 10.2. The average Bonchev–Trinajstić information content (AvgIpc) is 2.85. The minimum Gasteiger partial charge on any atom is -0.351 e. The summed E-state index contributed by atoms with van der Waals surface area (Å²) in [5.41, 5.74) is -0.297. The molecule has 94 valence electrons. The number of rotatable bonds is 4. The third-order valence-corrected chi connectivity index (χ3v) is 2.38. The molecule has 2 aromatic rings. The van der Waals surface area contributed by atoms with E-state index in [1.165, 1.54) is 0 Å². The van der Waals surface area contributed by atoms with E-state index in [0.29, 0.717) is 13.0 Å². The minimum atomic E-state index is -0.744. The van der Waals surface area contributed by atoms with Crippen LogP contribution in [0.25, 0.3) is 0 Å². The fourth-order valence-electron chi connectivity index (χ4n) is 1.50. The SMILES string of the molecule is O=C(NCCc1ncc[nH]1)c1cc(F)ccc1F. The lowest BCUT2D eigenvalue weighted by Gasteiger charge is -2.05. The molecule has 18 heavy (non-hydrogen) atoms. The Hall–Kier alpha value is -2.24. The predicted molar refractivity (Wildman–Crippen MR) is 61.0 cm³/mol. The molecule has 2 N–H and O–H groups in total. The molecule has 0 aliphatic heterocycles. The largest absolute Gasteiger partial charge is 0.351 e. The van der Waals surface area contributed by atoms with Gasteiger partial charge in [-0.2, -0.15) is 0 Å². The van der Waals surface area contributed by atoms with Crippen LogP contribution in [-0.2, 0) is 6.42 Å². The van der Waals surface area contributed by atoms with Gasteiger partial charge >= 0.3 is 0 Å². The lowest BCUT2D eigenvalue weighted by Crippen LogP contribution is -2.26. The molecule has 0 aliphatic rings. The summed E-state index contributed by atoms with van der Waals surface area (Å²) in [4.78, 5) is 18.4. The summed E-state index contributed by atoms with van der Waals surface area (Å²) in [6, 6.07) is 2.77. The van der Waals surface area contributed by atoms with Gasteiger partial charge in [0.1, 0.15) is 17.5 Å². The molecule has 4 nitrogen and oxygen atoms in total. The number of halogens is 2. The highest BCUT2D eigenvalue weighted by molar-refractivity contribution is 5.94. The molecule has 0 fully saturated rings. The van der Waals surface area contributed by atoms with E-state index < -0.39 is 17.5 Å². The fourth-order valence-corrected chi connectivity index (χ4v) is 1.50. The second-order valence-electron chi connectivity index (χ2n) is 3.67. The molecular weight excluding hydrogens is 240 g/mol. The van der Waals surface area contributed by atoms with Crippen molar-refractivity contribution in [2.24, 2.45) is 0 Å². The Morgan fingerprint density at radius 1 is 1.39 bits per heavy atom. The van der Waals surface area contributed by atoms with Crippen LogP contribution in [0.2, 0.25) is 0 Å². The van der Waals surface area contributed by atoms with E-state index in [1.54, 1.807) is 12.4 Å². The summed E-state index contributed by atoms with van der Waals surface area (Å²) in [6.07, 6.45) is 3.77. The maximum atomic E-state index is 13.3. The maximum absolute atomic E-state index is 13.3. The first-order valence-electron chi connectivity index (χ1n) is 5.38. The van der Waals surface area contributed by atoms with E-state index in [0.717, 1.165) is 24.0 Å². The van der Waals surface area contributed by atoms with Crippen LogP contribution in [0.1, 0.15) is 16.2 Å². The van der Waals surface area contributed by atoms with Gasteiger partial charge in [-0.3, -0.25) is 4.79 Å². The number of carbonyl (C=O) groups is 1. The number of imidazole rings is 1. The summed E-state index contributed by atoms with van der Waals surface area (Å²) in [5, 5.41) is 2.50. The molecule has 0 atom stereocenters. The Labute approximate surface area is 102 Å². The van der Waals surface area contributed by atoms with Crippen LogP contribution in [0, 0.1) is 11.6 Å². The number of hydrogen-bond donors (Lipinski definition) is 2. The summed E-state index contributed by atoms with van der Waals surface area (Å²) in [6.45, 7) is 0.294. The number of benzene rings is 1. The summed E-state index contributed by atoms with van der Waals surface area (Å²) in [7, 11) is 0. The third kappa shape index (κ3) is 2.91. The summed E-state index contributed by atoms with van der Waals surface area (Å²) < 4.78 is 26.2. The van der Waals surface area contributed by atoms with Crippen LogP contribution >= 0.6 is 0 Å². The molecule has 0 bridgehead atoms. The predicted octanol–water partition coefficient (Wildman–Crippen LogP) is 1.66. The van der Waals surface area contributed by atoms with E-state index in [4.69, 9.17) is 0 Å². The van der Waals surface area contributed by atoms with Crippen LogP contribution in [-0.4, -0.2) is 22.4 Å². The number of aromatic amines is 1. The van der Waals surface area contributed by atoms with Gasteiger partial charge in [-0.1, -0.05) is 0 Å². The van der Waals surface area contributed by atoms with Crippen molar-refractivity contribution in [2.75, 3.05) is 6.54 Å². The molecule has 1 aromatic carbocycles. The number of H-pyrrole nitrogens is 1. The van der Waals surface area contributed by atoms with Gasteiger partial charge in [0.2, 0.25) is 0 Å². The first kappa shape index (κ1) is 12.2. The van der Waals surface area contributed by atoms with Gasteiger partial charge in [0.15, 0.2) is 0 Å². The second kappa shape index (κ2) is 5.39. The smallest absolute Gasteiger partial charge is 0.254 e. The van der Waals surface area contributed by atoms with E-state index in [-0.39, 0.29) is 5.56 Å². The maximum Gasteiger partial charge on any atom is 0.254 e. The van der Waals surface area contributed by atoms with Crippen molar-refractivity contribution in [1.29, 1.82) is 0 Å². The number of nitrogens with one attached hydrogen (secondary N) is 2. The molecule has 0 unspecified atom stereocenters. The topological polar surface area (TPSA) is 57.8 Å². The number of carbonyl (C=O) groups excluding carboxylic acids is 1.